The molecule has 0 amide bonds. The maximum absolute atomic E-state index is 14.5. The first kappa shape index (κ1) is 18.5. The number of hydrogen-bond donors (Lipinski definition) is 0. The smallest absolute Gasteiger partial charge is 0.178 e. The third kappa shape index (κ3) is 3.64. The lowest BCUT2D eigenvalue weighted by Gasteiger charge is -2.13. The van der Waals surface area contributed by atoms with Crippen molar-refractivity contribution in [1.29, 1.82) is 0 Å². The van der Waals surface area contributed by atoms with Crippen LogP contribution in [0.2, 0.25) is 0 Å². The fraction of sp³-hybridized carbons (Fsp3) is 0.111. The van der Waals surface area contributed by atoms with Crippen molar-refractivity contribution < 1.29 is 17.2 Å². The molecule has 0 unspecified atom stereocenters. The van der Waals surface area contributed by atoms with Crippen molar-refractivity contribution in [3.63, 3.8) is 0 Å². The van der Waals surface area contributed by atoms with Crippen LogP contribution in [0.25, 0.3) is 11.1 Å². The average Bonchev–Trinajstić information content (AvgIpc) is 3.00. The predicted octanol–water partition coefficient (Wildman–Crippen LogP) is 5.76. The summed E-state index contributed by atoms with van der Waals surface area (Å²) in [4.78, 5) is -0.635. The van der Waals surface area contributed by atoms with Crippen LogP contribution in [0.15, 0.2) is 56.3 Å². The summed E-state index contributed by atoms with van der Waals surface area (Å²) in [6.45, 7) is 0. The van der Waals surface area contributed by atoms with Crippen molar-refractivity contribution in [2.24, 2.45) is 0 Å². The molecule has 0 radical (unpaired) electrons. The van der Waals surface area contributed by atoms with E-state index in [1.807, 2.05) is 24.3 Å². The van der Waals surface area contributed by atoms with Crippen LogP contribution in [0.1, 0.15) is 17.5 Å². The van der Waals surface area contributed by atoms with E-state index in [2.05, 4.69) is 31.9 Å². The number of benzene rings is 2. The number of rotatable bonds is 3. The maximum atomic E-state index is 14.5. The van der Waals surface area contributed by atoms with E-state index in [9.17, 15) is 17.2 Å². The molecule has 0 atom stereocenters. The molecule has 25 heavy (non-hydrogen) atoms. The quantitative estimate of drug-likeness (QED) is 0.548. The Kier molecular flexibility index (Phi) is 5.01. The third-order valence-electron chi connectivity index (χ3n) is 3.88. The minimum absolute atomic E-state index is 0.0488. The highest BCUT2D eigenvalue weighted by molar-refractivity contribution is 9.13. The second-order valence-electron chi connectivity index (χ2n) is 5.63. The van der Waals surface area contributed by atoms with E-state index >= 15 is 0 Å². The van der Waals surface area contributed by atoms with Crippen LogP contribution in [0, 0.1) is 11.6 Å². The van der Waals surface area contributed by atoms with Gasteiger partial charge >= 0.3 is 0 Å². The zero-order chi connectivity index (χ0) is 18.4. The summed E-state index contributed by atoms with van der Waals surface area (Å²) >= 11 is 6.83. The Balaban J connectivity index is 2.09. The lowest BCUT2D eigenvalue weighted by molar-refractivity contribution is 0.554. The van der Waals surface area contributed by atoms with E-state index in [1.54, 1.807) is 6.08 Å². The zero-order valence-electron chi connectivity index (χ0n) is 13.0. The molecule has 0 aromatic heterocycles. The number of hydrogen-bond acceptors (Lipinski definition) is 2. The van der Waals surface area contributed by atoms with Crippen LogP contribution >= 0.6 is 31.9 Å². The standard InChI is InChI=1S/C18H12Br2F2O2S/c1-25(23,24)18-9-16(21)13(8-17(18)22)12-4-2-3-11(12)10-5-6-14(19)15(20)7-10/h3-9H,2H2,1H3. The van der Waals surface area contributed by atoms with Crippen LogP contribution in [-0.2, 0) is 9.84 Å². The van der Waals surface area contributed by atoms with Gasteiger partial charge in [0, 0.05) is 20.8 Å². The maximum Gasteiger partial charge on any atom is 0.178 e. The fourth-order valence-corrected chi connectivity index (χ4v) is 4.08. The minimum Gasteiger partial charge on any atom is -0.224 e. The first-order valence-corrected chi connectivity index (χ1v) is 10.7. The van der Waals surface area contributed by atoms with E-state index in [-0.39, 0.29) is 5.56 Å². The number of halogens is 4. The zero-order valence-corrected chi connectivity index (χ0v) is 17.0. The third-order valence-corrected chi connectivity index (χ3v) is 6.87. The Morgan fingerprint density at radius 3 is 2.24 bits per heavy atom. The molecule has 0 fully saturated rings. The average molecular weight is 490 g/mol. The molecule has 1 aliphatic rings. The van der Waals surface area contributed by atoms with Gasteiger partial charge in [0.05, 0.1) is 0 Å². The minimum atomic E-state index is -3.83. The number of allylic oxidation sites excluding steroid dienone is 4. The molecule has 0 saturated carbocycles. The highest BCUT2D eigenvalue weighted by Gasteiger charge is 2.23. The summed E-state index contributed by atoms with van der Waals surface area (Å²) in [5, 5.41) is 0. The second-order valence-corrected chi connectivity index (χ2v) is 9.33. The number of sulfone groups is 1. The summed E-state index contributed by atoms with van der Waals surface area (Å²) in [5.41, 5.74) is 2.22. The molecule has 3 rings (SSSR count). The molecule has 2 nitrogen and oxygen atoms in total. The van der Waals surface area contributed by atoms with Gasteiger partial charge in [0.25, 0.3) is 0 Å². The van der Waals surface area contributed by atoms with Crippen molar-refractivity contribution in [1.82, 2.24) is 0 Å². The summed E-state index contributed by atoms with van der Waals surface area (Å²) < 4.78 is 53.6. The highest BCUT2D eigenvalue weighted by Crippen LogP contribution is 2.40. The van der Waals surface area contributed by atoms with Crippen molar-refractivity contribution in [3.05, 3.63) is 74.2 Å². The Morgan fingerprint density at radius 1 is 0.920 bits per heavy atom. The molecular weight excluding hydrogens is 478 g/mol. The van der Waals surface area contributed by atoms with Crippen LogP contribution < -0.4 is 0 Å². The Bertz CT molecular complexity index is 1040. The molecule has 2 aromatic rings. The lowest BCUT2D eigenvalue weighted by atomic mass is 9.94. The van der Waals surface area contributed by atoms with Crippen molar-refractivity contribution >= 4 is 52.8 Å². The second kappa shape index (κ2) is 6.78. The molecule has 0 N–H and O–H groups in total. The van der Waals surface area contributed by atoms with Crippen LogP contribution in [0.4, 0.5) is 8.78 Å². The monoisotopic (exact) mass is 488 g/mol. The molecule has 7 heteroatoms. The molecule has 0 saturated heterocycles. The summed E-state index contributed by atoms with van der Waals surface area (Å²) in [7, 11) is -3.83. The van der Waals surface area contributed by atoms with Crippen molar-refractivity contribution in [2.75, 3.05) is 6.26 Å². The van der Waals surface area contributed by atoms with E-state index in [4.69, 9.17) is 0 Å². The molecule has 0 bridgehead atoms. The van der Waals surface area contributed by atoms with E-state index in [0.717, 1.165) is 38.5 Å². The van der Waals surface area contributed by atoms with E-state index in [0.29, 0.717) is 12.0 Å². The van der Waals surface area contributed by atoms with Gasteiger partial charge in [-0.3, -0.25) is 0 Å². The lowest BCUT2D eigenvalue weighted by Crippen LogP contribution is -2.04. The molecule has 0 spiro atoms. The van der Waals surface area contributed by atoms with Gasteiger partial charge in [-0.05, 0) is 79.3 Å². The van der Waals surface area contributed by atoms with E-state index < -0.39 is 26.4 Å². The van der Waals surface area contributed by atoms with Gasteiger partial charge < -0.3 is 0 Å². The SMILES string of the molecule is CS(=O)(=O)c1cc(F)c(C2=CCC=C2c2ccc(Br)c(Br)c2)cc1F. The summed E-state index contributed by atoms with van der Waals surface area (Å²) in [6, 6.07) is 7.31. The molecule has 1 aliphatic carbocycles. The van der Waals surface area contributed by atoms with Crippen LogP contribution in [0.3, 0.4) is 0 Å². The fourth-order valence-electron chi connectivity index (χ4n) is 2.73. The Hall–Kier alpha value is -1.31. The molecular formula is C18H12Br2F2O2S. The first-order chi connectivity index (χ1) is 11.7. The van der Waals surface area contributed by atoms with Gasteiger partial charge in [0.1, 0.15) is 16.5 Å². The first-order valence-electron chi connectivity index (χ1n) is 7.24. The molecule has 130 valence electrons. The summed E-state index contributed by atoms with van der Waals surface area (Å²) in [6.07, 6.45) is 5.16. The van der Waals surface area contributed by atoms with Gasteiger partial charge in [-0.25, -0.2) is 17.2 Å². The van der Waals surface area contributed by atoms with Crippen molar-refractivity contribution in [2.45, 2.75) is 11.3 Å². The van der Waals surface area contributed by atoms with E-state index in [1.165, 1.54) is 0 Å². The summed E-state index contributed by atoms with van der Waals surface area (Å²) in [5.74, 6) is -1.72. The van der Waals surface area contributed by atoms with Gasteiger partial charge in [-0.2, -0.15) is 0 Å². The Morgan fingerprint density at radius 2 is 1.60 bits per heavy atom. The van der Waals surface area contributed by atoms with Gasteiger partial charge in [0.2, 0.25) is 0 Å². The Labute approximate surface area is 161 Å². The molecule has 0 aliphatic heterocycles. The van der Waals surface area contributed by atoms with Crippen molar-refractivity contribution in [3.8, 4) is 0 Å². The highest BCUT2D eigenvalue weighted by atomic mass is 79.9. The molecule has 0 heterocycles. The van der Waals surface area contributed by atoms with Gasteiger partial charge in [0.15, 0.2) is 9.84 Å². The van der Waals surface area contributed by atoms with Gasteiger partial charge in [-0.15, -0.1) is 0 Å². The topological polar surface area (TPSA) is 34.1 Å². The van der Waals surface area contributed by atoms with Crippen LogP contribution in [-0.4, -0.2) is 14.7 Å². The molecule has 2 aromatic carbocycles. The normalized spacial score (nSPS) is 14.4. The van der Waals surface area contributed by atoms with Crippen LogP contribution in [0.5, 0.6) is 0 Å². The largest absolute Gasteiger partial charge is 0.224 e. The van der Waals surface area contributed by atoms with Gasteiger partial charge in [-0.1, -0.05) is 18.2 Å². The predicted molar refractivity (Wildman–Crippen MR) is 102 cm³/mol.